The number of rotatable bonds is 2. The number of benzene rings is 2. The summed E-state index contributed by atoms with van der Waals surface area (Å²) >= 11 is 0. The Balaban J connectivity index is 1.62. The molecule has 3 aliphatic heterocycles. The molecule has 7 rings (SSSR count). The largest absolute Gasteiger partial charge is 0.358 e. The van der Waals surface area contributed by atoms with Gasteiger partial charge in [-0.25, -0.2) is 53.9 Å². The molecule has 14 heteroatoms. The molecule has 8 bridgehead atoms. The molecule has 0 saturated heterocycles. The van der Waals surface area contributed by atoms with Gasteiger partial charge in [0.15, 0.2) is 46.5 Å². The van der Waals surface area contributed by atoms with Crippen LogP contribution in [0.3, 0.4) is 0 Å². The van der Waals surface area contributed by atoms with Crippen molar-refractivity contribution in [3.63, 3.8) is 0 Å². The summed E-state index contributed by atoms with van der Waals surface area (Å²) in [6, 6.07) is 6.14. The smallest absolute Gasteiger partial charge is 0.200 e. The second kappa shape index (κ2) is 10.3. The molecule has 0 radical (unpaired) electrons. The van der Waals surface area contributed by atoms with Crippen LogP contribution in [-0.2, 0) is 5.41 Å². The van der Waals surface area contributed by atoms with Crippen molar-refractivity contribution in [2.75, 3.05) is 0 Å². The summed E-state index contributed by atoms with van der Waals surface area (Å²) in [7, 11) is 0. The Bertz CT molecular complexity index is 2220. The van der Waals surface area contributed by atoms with Crippen LogP contribution in [0.15, 0.2) is 69.9 Å². The summed E-state index contributed by atoms with van der Waals surface area (Å²) in [5, 5.41) is 0. The number of allylic oxidation sites excluding steroid dienone is 5. The van der Waals surface area contributed by atoms with Crippen molar-refractivity contribution >= 4 is 22.6 Å². The van der Waals surface area contributed by atoms with E-state index in [2.05, 4.69) is 20.0 Å². The fourth-order valence-corrected chi connectivity index (χ4v) is 5.69. The molecule has 2 aromatic heterocycles. The van der Waals surface area contributed by atoms with Crippen LogP contribution in [-0.4, -0.2) is 21.4 Å². The highest BCUT2D eigenvalue weighted by Gasteiger charge is 2.36. The van der Waals surface area contributed by atoms with E-state index in [1.54, 1.807) is 26.0 Å². The van der Waals surface area contributed by atoms with Gasteiger partial charge in [-0.05, 0) is 62.4 Å². The highest BCUT2D eigenvalue weighted by molar-refractivity contribution is 6.32. The Morgan fingerprint density at radius 3 is 1.36 bits per heavy atom. The molecule has 5 heterocycles. The van der Waals surface area contributed by atoms with Crippen LogP contribution in [0.2, 0.25) is 0 Å². The molecule has 47 heavy (non-hydrogen) atoms. The Hall–Kier alpha value is -5.40. The summed E-state index contributed by atoms with van der Waals surface area (Å²) < 4.78 is 147. The number of aromatic nitrogens is 2. The molecule has 0 fully saturated rings. The number of hydrogen-bond donors (Lipinski definition) is 2. The molecule has 0 saturated carbocycles. The van der Waals surface area contributed by atoms with Crippen molar-refractivity contribution in [1.29, 1.82) is 0 Å². The third kappa shape index (κ3) is 4.30. The van der Waals surface area contributed by atoms with E-state index in [0.717, 1.165) is 12.2 Å². The standard InChI is InChI=1S/C33H16F10N4/c1-33(2)17-9-7-12(46-17)11-3-4-13(44-11)19(21-23(34)27(38)31(42)28(39)24(21)35)14-5-6-15(45-14)20(16-8-10-18(33)47-16)22-25(36)29(40)32(43)30(41)26(22)37/h3-10,46-47H,1-2H3/b19-13+,20-15+. The van der Waals surface area contributed by atoms with E-state index < -0.39 is 97.3 Å². The predicted octanol–water partition coefficient (Wildman–Crippen LogP) is 8.61. The highest BCUT2D eigenvalue weighted by atomic mass is 19.2. The van der Waals surface area contributed by atoms with Gasteiger partial charge in [0.2, 0.25) is 11.6 Å². The third-order valence-electron chi connectivity index (χ3n) is 8.23. The molecule has 2 aromatic carbocycles. The lowest BCUT2D eigenvalue weighted by Gasteiger charge is -2.23. The van der Waals surface area contributed by atoms with Gasteiger partial charge in [-0.2, -0.15) is 0 Å². The second-order valence-corrected chi connectivity index (χ2v) is 11.3. The van der Waals surface area contributed by atoms with Gasteiger partial charge in [0.25, 0.3) is 0 Å². The number of halogens is 10. The normalized spacial score (nSPS) is 19.7. The van der Waals surface area contributed by atoms with Crippen molar-refractivity contribution in [3.8, 4) is 0 Å². The van der Waals surface area contributed by atoms with Crippen molar-refractivity contribution in [2.24, 2.45) is 9.98 Å². The van der Waals surface area contributed by atoms with Crippen molar-refractivity contribution < 1.29 is 43.9 Å². The first-order valence-corrected chi connectivity index (χ1v) is 13.7. The van der Waals surface area contributed by atoms with Gasteiger partial charge >= 0.3 is 0 Å². The van der Waals surface area contributed by atoms with Crippen LogP contribution in [0, 0.1) is 58.2 Å². The zero-order valence-corrected chi connectivity index (χ0v) is 23.8. The average molecular weight is 658 g/mol. The van der Waals surface area contributed by atoms with Crippen molar-refractivity contribution in [1.82, 2.24) is 9.97 Å². The van der Waals surface area contributed by atoms with E-state index in [4.69, 9.17) is 0 Å². The van der Waals surface area contributed by atoms with Crippen molar-refractivity contribution in [3.05, 3.63) is 152 Å². The molecule has 0 atom stereocenters. The Morgan fingerprint density at radius 1 is 0.447 bits per heavy atom. The maximum atomic E-state index is 15.4. The SMILES string of the molecule is CC1(C)c2ccc([nH]2)C2=N/C(=C(/c3c(F)c(F)c(F)c(F)c3F)C3=N/C(=C(/c4c(F)c(F)c(F)c(F)c4F)c4ccc1[nH]4)C=C3)C=C2. The van der Waals surface area contributed by atoms with Gasteiger partial charge in [0.05, 0.1) is 39.6 Å². The van der Waals surface area contributed by atoms with Crippen LogP contribution in [0.4, 0.5) is 43.9 Å². The molecule has 3 aliphatic rings. The number of hydrogen-bond acceptors (Lipinski definition) is 2. The minimum absolute atomic E-state index is 0.173. The Labute approximate surface area is 257 Å². The third-order valence-corrected chi connectivity index (χ3v) is 8.23. The minimum Gasteiger partial charge on any atom is -0.358 e. The van der Waals surface area contributed by atoms with Crippen LogP contribution in [0.5, 0.6) is 0 Å². The number of H-pyrrole nitrogens is 2. The molecular weight excluding hydrogens is 642 g/mol. The maximum Gasteiger partial charge on any atom is 0.200 e. The lowest BCUT2D eigenvalue weighted by molar-refractivity contribution is 0.376. The van der Waals surface area contributed by atoms with E-state index in [9.17, 15) is 26.3 Å². The first kappa shape index (κ1) is 30.3. The molecule has 0 spiro atoms. The highest BCUT2D eigenvalue weighted by Crippen LogP contribution is 2.41. The van der Waals surface area contributed by atoms with E-state index in [1.165, 1.54) is 24.3 Å². The van der Waals surface area contributed by atoms with Gasteiger partial charge in [-0.3, -0.25) is 0 Å². The van der Waals surface area contributed by atoms with E-state index in [-0.39, 0.29) is 17.1 Å². The molecule has 238 valence electrons. The molecule has 0 amide bonds. The van der Waals surface area contributed by atoms with Gasteiger partial charge < -0.3 is 9.97 Å². The minimum atomic E-state index is -2.42. The quantitative estimate of drug-likeness (QED) is 0.123. The zero-order valence-electron chi connectivity index (χ0n) is 23.8. The van der Waals surface area contributed by atoms with Crippen molar-refractivity contribution in [2.45, 2.75) is 19.3 Å². The molecule has 4 nitrogen and oxygen atoms in total. The summed E-state index contributed by atoms with van der Waals surface area (Å²) in [5.41, 5.74) is -4.89. The number of nitrogens with one attached hydrogen (secondary N) is 2. The fourth-order valence-electron chi connectivity index (χ4n) is 5.69. The lowest BCUT2D eigenvalue weighted by Crippen LogP contribution is -2.20. The molecule has 0 aliphatic carbocycles. The summed E-state index contributed by atoms with van der Waals surface area (Å²) in [6.07, 6.45) is 4.71. The Kier molecular flexibility index (Phi) is 6.64. The number of fused-ring (bicyclic) bond motifs is 7. The first-order chi connectivity index (χ1) is 22.2. The predicted molar refractivity (Wildman–Crippen MR) is 151 cm³/mol. The topological polar surface area (TPSA) is 56.3 Å². The molecule has 2 N–H and O–H groups in total. The lowest BCUT2D eigenvalue weighted by atomic mass is 9.86. The molecule has 0 unspecified atom stereocenters. The molecular formula is C33H16F10N4. The fraction of sp³-hybridized carbons (Fsp3) is 0.0909. The number of aromatic amines is 2. The summed E-state index contributed by atoms with van der Waals surface area (Å²) in [4.78, 5) is 14.7. The molecule has 4 aromatic rings. The van der Waals surface area contributed by atoms with Crippen LogP contribution < -0.4 is 0 Å². The van der Waals surface area contributed by atoms with Crippen LogP contribution in [0.1, 0.15) is 47.8 Å². The van der Waals surface area contributed by atoms with Crippen LogP contribution >= 0.6 is 0 Å². The van der Waals surface area contributed by atoms with Gasteiger partial charge in [0, 0.05) is 33.6 Å². The monoisotopic (exact) mass is 658 g/mol. The maximum absolute atomic E-state index is 15.4. The Morgan fingerprint density at radius 2 is 0.830 bits per heavy atom. The number of nitrogens with zero attached hydrogens (tertiary/aromatic N) is 2. The van der Waals surface area contributed by atoms with E-state index in [1.807, 2.05) is 0 Å². The van der Waals surface area contributed by atoms with Gasteiger partial charge in [0.1, 0.15) is 0 Å². The van der Waals surface area contributed by atoms with Crippen LogP contribution in [0.25, 0.3) is 11.1 Å². The summed E-state index contributed by atoms with van der Waals surface area (Å²) in [5.74, 6) is -22.7. The van der Waals surface area contributed by atoms with Gasteiger partial charge in [-0.1, -0.05) is 0 Å². The van der Waals surface area contributed by atoms with E-state index >= 15 is 17.6 Å². The summed E-state index contributed by atoms with van der Waals surface area (Å²) in [6.45, 7) is 3.54. The number of aliphatic imine (C=N–C) groups is 2. The van der Waals surface area contributed by atoms with E-state index in [0.29, 0.717) is 17.1 Å². The first-order valence-electron chi connectivity index (χ1n) is 13.7. The van der Waals surface area contributed by atoms with Gasteiger partial charge in [-0.15, -0.1) is 0 Å². The average Bonchev–Trinajstić information content (AvgIpc) is 3.88. The zero-order chi connectivity index (χ0) is 33.7. The second-order valence-electron chi connectivity index (χ2n) is 11.3.